The molecule has 1 aromatic carbocycles. The Morgan fingerprint density at radius 3 is 2.55 bits per heavy atom. The number of hydrogen-bond acceptors (Lipinski definition) is 4. The first kappa shape index (κ1) is 13.5. The number of thiophene rings is 1. The van der Waals surface area contributed by atoms with Crippen LogP contribution in [0, 0.1) is 5.82 Å². The molecule has 3 rings (SSSR count). The molecule has 1 N–H and O–H groups in total. The molecular formula is C14H8FNOS3. The van der Waals surface area contributed by atoms with Crippen molar-refractivity contribution < 1.29 is 9.18 Å². The Kier molecular flexibility index (Phi) is 3.69. The molecule has 0 unspecified atom stereocenters. The third kappa shape index (κ3) is 2.82. The van der Waals surface area contributed by atoms with Crippen LogP contribution in [0.2, 0.25) is 0 Å². The average molecular weight is 321 g/mol. The molecule has 0 aliphatic carbocycles. The Balaban J connectivity index is 1.87. The third-order valence-corrected chi connectivity index (χ3v) is 4.91. The van der Waals surface area contributed by atoms with E-state index in [0.717, 1.165) is 15.3 Å². The van der Waals surface area contributed by atoms with Crippen LogP contribution in [0.5, 0.6) is 0 Å². The van der Waals surface area contributed by atoms with Crippen LogP contribution >= 0.6 is 35.3 Å². The van der Waals surface area contributed by atoms with E-state index in [1.54, 1.807) is 23.5 Å². The summed E-state index contributed by atoms with van der Waals surface area (Å²) in [6.45, 7) is 0. The fourth-order valence-corrected chi connectivity index (χ4v) is 3.82. The topological polar surface area (TPSA) is 29.1 Å². The van der Waals surface area contributed by atoms with E-state index < -0.39 is 0 Å². The zero-order chi connectivity index (χ0) is 14.1. The number of thioether (sulfide) groups is 1. The van der Waals surface area contributed by atoms with E-state index in [0.29, 0.717) is 9.23 Å². The van der Waals surface area contributed by atoms with E-state index >= 15 is 0 Å². The maximum atomic E-state index is 12.9. The zero-order valence-corrected chi connectivity index (χ0v) is 12.5. The first-order valence-electron chi connectivity index (χ1n) is 5.72. The number of hydrogen-bond donors (Lipinski definition) is 1. The molecule has 100 valence electrons. The van der Waals surface area contributed by atoms with Crippen molar-refractivity contribution >= 4 is 51.6 Å². The van der Waals surface area contributed by atoms with Crippen LogP contribution in [0.1, 0.15) is 4.88 Å². The number of halogens is 1. The van der Waals surface area contributed by atoms with Crippen molar-refractivity contribution in [2.24, 2.45) is 0 Å². The van der Waals surface area contributed by atoms with Crippen LogP contribution < -0.4 is 5.32 Å². The summed E-state index contributed by atoms with van der Waals surface area (Å²) in [5.74, 6) is -0.406. The normalized spacial score (nSPS) is 16.8. The molecular weight excluding hydrogens is 313 g/mol. The van der Waals surface area contributed by atoms with E-state index in [1.807, 2.05) is 18.2 Å². The van der Waals surface area contributed by atoms with Gasteiger partial charge in [0.1, 0.15) is 10.1 Å². The van der Waals surface area contributed by atoms with Crippen LogP contribution in [-0.4, -0.2) is 10.2 Å². The molecule has 1 aliphatic rings. The molecule has 6 heteroatoms. The molecule has 0 saturated carbocycles. The van der Waals surface area contributed by atoms with Gasteiger partial charge in [0, 0.05) is 9.75 Å². The van der Waals surface area contributed by atoms with Crippen LogP contribution in [0.25, 0.3) is 16.5 Å². The van der Waals surface area contributed by atoms with Crippen LogP contribution in [0.3, 0.4) is 0 Å². The molecule has 1 aliphatic heterocycles. The number of rotatable bonds is 2. The standard InChI is InChI=1S/C14H8FNOS3/c15-9-3-1-8(2-4-9)11-6-5-10(19-11)7-12-13(17)16-14(18)20-12/h1-7H,(H,16,17,18)/b12-7-. The van der Waals surface area contributed by atoms with Crippen LogP contribution in [0.4, 0.5) is 4.39 Å². The van der Waals surface area contributed by atoms with E-state index in [1.165, 1.54) is 23.9 Å². The highest BCUT2D eigenvalue weighted by atomic mass is 32.2. The molecule has 0 spiro atoms. The maximum Gasteiger partial charge on any atom is 0.263 e. The predicted octanol–water partition coefficient (Wildman–Crippen LogP) is 4.04. The summed E-state index contributed by atoms with van der Waals surface area (Å²) in [7, 11) is 0. The van der Waals surface area contributed by atoms with Crippen molar-refractivity contribution in [3.63, 3.8) is 0 Å². The number of thiocarbonyl (C=S) groups is 1. The molecule has 1 amide bonds. The molecule has 2 heterocycles. The minimum atomic E-state index is -0.250. The highest BCUT2D eigenvalue weighted by Gasteiger charge is 2.22. The second-order valence-corrected chi connectivity index (χ2v) is 6.90. The van der Waals surface area contributed by atoms with Crippen LogP contribution in [-0.2, 0) is 4.79 Å². The molecule has 1 aromatic heterocycles. The Morgan fingerprint density at radius 1 is 1.15 bits per heavy atom. The third-order valence-electron chi connectivity index (χ3n) is 2.67. The number of amides is 1. The highest BCUT2D eigenvalue weighted by Crippen LogP contribution is 2.32. The largest absolute Gasteiger partial charge is 0.307 e. The van der Waals surface area contributed by atoms with Crippen molar-refractivity contribution in [3.8, 4) is 10.4 Å². The van der Waals surface area contributed by atoms with E-state index in [-0.39, 0.29) is 11.7 Å². The van der Waals surface area contributed by atoms with Gasteiger partial charge in [0.05, 0.1) is 4.91 Å². The van der Waals surface area contributed by atoms with E-state index in [4.69, 9.17) is 12.2 Å². The van der Waals surface area contributed by atoms with Gasteiger partial charge in [-0.05, 0) is 35.9 Å². The lowest BCUT2D eigenvalue weighted by Gasteiger charge is -1.96. The molecule has 1 saturated heterocycles. The van der Waals surface area contributed by atoms with Gasteiger partial charge in [-0.1, -0.05) is 36.1 Å². The minimum Gasteiger partial charge on any atom is -0.307 e. The Morgan fingerprint density at radius 2 is 1.90 bits per heavy atom. The zero-order valence-electron chi connectivity index (χ0n) is 10.1. The first-order valence-corrected chi connectivity index (χ1v) is 7.76. The summed E-state index contributed by atoms with van der Waals surface area (Å²) in [4.78, 5) is 14.2. The second-order valence-electron chi connectivity index (χ2n) is 4.06. The van der Waals surface area contributed by atoms with Gasteiger partial charge in [0.25, 0.3) is 5.91 Å². The Labute approximate surface area is 128 Å². The summed E-state index contributed by atoms with van der Waals surface area (Å²) in [6.07, 6.45) is 1.82. The quantitative estimate of drug-likeness (QED) is 0.668. The van der Waals surface area contributed by atoms with Gasteiger partial charge in [0.15, 0.2) is 0 Å². The summed E-state index contributed by atoms with van der Waals surface area (Å²) >= 11 is 7.75. The molecule has 1 fully saturated rings. The van der Waals surface area contributed by atoms with Crippen molar-refractivity contribution in [2.75, 3.05) is 0 Å². The summed E-state index contributed by atoms with van der Waals surface area (Å²) in [6, 6.07) is 10.2. The molecule has 0 atom stereocenters. The molecule has 0 radical (unpaired) electrons. The summed E-state index contributed by atoms with van der Waals surface area (Å²) < 4.78 is 13.4. The van der Waals surface area contributed by atoms with Crippen molar-refractivity contribution in [1.29, 1.82) is 0 Å². The lowest BCUT2D eigenvalue weighted by atomic mass is 10.2. The first-order chi connectivity index (χ1) is 9.61. The van der Waals surface area contributed by atoms with E-state index in [9.17, 15) is 9.18 Å². The van der Waals surface area contributed by atoms with Crippen molar-refractivity contribution in [1.82, 2.24) is 5.32 Å². The average Bonchev–Trinajstić information content (AvgIpc) is 2.98. The van der Waals surface area contributed by atoms with Gasteiger partial charge in [-0.25, -0.2) is 4.39 Å². The lowest BCUT2D eigenvalue weighted by Crippen LogP contribution is -2.17. The lowest BCUT2D eigenvalue weighted by molar-refractivity contribution is -0.115. The SMILES string of the molecule is O=C1NC(=S)S/C1=C\c1ccc(-c2ccc(F)cc2)s1. The van der Waals surface area contributed by atoms with Gasteiger partial charge in [-0.3, -0.25) is 4.79 Å². The number of nitrogens with one attached hydrogen (secondary N) is 1. The summed E-state index contributed by atoms with van der Waals surface area (Å²) in [5.41, 5.74) is 0.958. The Bertz CT molecular complexity index is 718. The number of carbonyl (C=O) groups excluding carboxylic acids is 1. The van der Waals surface area contributed by atoms with Gasteiger partial charge in [-0.2, -0.15) is 0 Å². The van der Waals surface area contributed by atoms with Crippen LogP contribution in [0.15, 0.2) is 41.3 Å². The molecule has 20 heavy (non-hydrogen) atoms. The fourth-order valence-electron chi connectivity index (χ4n) is 1.75. The second kappa shape index (κ2) is 5.47. The maximum absolute atomic E-state index is 12.9. The van der Waals surface area contributed by atoms with Gasteiger partial charge in [-0.15, -0.1) is 11.3 Å². The smallest absolute Gasteiger partial charge is 0.263 e. The number of benzene rings is 1. The molecule has 2 nitrogen and oxygen atoms in total. The molecule has 2 aromatic rings. The predicted molar refractivity (Wildman–Crippen MR) is 86.0 cm³/mol. The van der Waals surface area contributed by atoms with Crippen molar-refractivity contribution in [2.45, 2.75) is 0 Å². The van der Waals surface area contributed by atoms with Crippen molar-refractivity contribution in [3.05, 3.63) is 52.0 Å². The van der Waals surface area contributed by atoms with Gasteiger partial charge >= 0.3 is 0 Å². The van der Waals surface area contributed by atoms with Gasteiger partial charge in [0.2, 0.25) is 0 Å². The van der Waals surface area contributed by atoms with E-state index in [2.05, 4.69) is 5.32 Å². The Hall–Kier alpha value is -1.50. The van der Waals surface area contributed by atoms with Gasteiger partial charge < -0.3 is 5.32 Å². The fraction of sp³-hybridized carbons (Fsp3) is 0. The highest BCUT2D eigenvalue weighted by molar-refractivity contribution is 8.26. The minimum absolute atomic E-state index is 0.156. The molecule has 0 bridgehead atoms. The monoisotopic (exact) mass is 321 g/mol. The number of carbonyl (C=O) groups is 1. The summed E-state index contributed by atoms with van der Waals surface area (Å²) in [5, 5.41) is 2.58.